The summed E-state index contributed by atoms with van der Waals surface area (Å²) in [6.45, 7) is 6.31. The molecule has 5 heteroatoms. The minimum atomic E-state index is -1.12. The Bertz CT molecular complexity index is 414. The third kappa shape index (κ3) is 4.61. The highest BCUT2D eigenvalue weighted by Crippen LogP contribution is 2.30. The summed E-state index contributed by atoms with van der Waals surface area (Å²) in [7, 11) is 0. The zero-order valence-corrected chi connectivity index (χ0v) is 11.3. The summed E-state index contributed by atoms with van der Waals surface area (Å²) in [6, 6.07) is 0. The summed E-state index contributed by atoms with van der Waals surface area (Å²) in [4.78, 5) is 22.8. The molecule has 1 saturated carbocycles. The molecular weight excluding hydrogens is 248 g/mol. The van der Waals surface area contributed by atoms with Crippen LogP contribution < -0.4 is 0 Å². The molecule has 0 heterocycles. The van der Waals surface area contributed by atoms with Crippen LogP contribution in [0.1, 0.15) is 39.5 Å². The number of rotatable bonds is 3. The Kier molecular flexibility index (Phi) is 5.03. The van der Waals surface area contributed by atoms with Gasteiger partial charge in [-0.3, -0.25) is 0 Å². The first-order valence-corrected chi connectivity index (χ1v) is 6.25. The minimum absolute atomic E-state index is 0.139. The fraction of sp³-hybridized carbons (Fsp3) is 0.571. The van der Waals surface area contributed by atoms with Crippen LogP contribution in [0.2, 0.25) is 0 Å². The van der Waals surface area contributed by atoms with Gasteiger partial charge in [0.25, 0.3) is 0 Å². The van der Waals surface area contributed by atoms with Gasteiger partial charge in [-0.2, -0.15) is 0 Å². The maximum Gasteiger partial charge on any atom is 0.341 e. The maximum atomic E-state index is 11.6. The number of aliphatic hydroxyl groups excluding tert-OH is 1. The zero-order valence-electron chi connectivity index (χ0n) is 11.3. The van der Waals surface area contributed by atoms with E-state index in [1.807, 2.05) is 0 Å². The molecule has 0 saturated heterocycles. The molecule has 0 unspecified atom stereocenters. The molecule has 0 spiro atoms. The molecule has 0 aromatic carbocycles. The van der Waals surface area contributed by atoms with Crippen LogP contribution in [0.5, 0.6) is 0 Å². The van der Waals surface area contributed by atoms with Gasteiger partial charge >= 0.3 is 11.9 Å². The van der Waals surface area contributed by atoms with E-state index in [0.717, 1.165) is 0 Å². The summed E-state index contributed by atoms with van der Waals surface area (Å²) in [5, 5.41) is 19.6. The van der Waals surface area contributed by atoms with Gasteiger partial charge in [-0.1, -0.05) is 6.58 Å². The highest BCUT2D eigenvalue weighted by atomic mass is 16.6. The average Bonchev–Trinajstić information content (AvgIpc) is 2.33. The Hall–Kier alpha value is -1.46. The topological polar surface area (TPSA) is 83.8 Å². The Morgan fingerprint density at radius 3 is 2.26 bits per heavy atom. The standard InChI is InChI=1S/C14H20O5/c1-9(2)12(16)19-13(17)10(3)8-14(18)6-4-11(15)5-7-14/h8,11,15,18H,1,4-7H2,2-3H3. The van der Waals surface area contributed by atoms with Crippen LogP contribution in [0.15, 0.2) is 23.8 Å². The zero-order chi connectivity index (χ0) is 14.6. The third-order valence-corrected chi connectivity index (χ3v) is 3.16. The number of hydrogen-bond donors (Lipinski definition) is 2. The predicted molar refractivity (Wildman–Crippen MR) is 69.1 cm³/mol. The van der Waals surface area contributed by atoms with Gasteiger partial charge in [0.1, 0.15) is 0 Å². The SMILES string of the molecule is C=C(C)C(=O)OC(=O)C(C)=CC1(O)CCC(O)CC1. The Morgan fingerprint density at radius 1 is 1.26 bits per heavy atom. The number of ether oxygens (including phenoxy) is 1. The lowest BCUT2D eigenvalue weighted by atomic mass is 9.82. The lowest BCUT2D eigenvalue weighted by molar-refractivity contribution is -0.154. The van der Waals surface area contributed by atoms with E-state index in [1.54, 1.807) is 0 Å². The van der Waals surface area contributed by atoms with Crippen LogP contribution in [-0.4, -0.2) is 33.9 Å². The van der Waals surface area contributed by atoms with E-state index in [0.29, 0.717) is 25.7 Å². The molecule has 0 aliphatic heterocycles. The fourth-order valence-corrected chi connectivity index (χ4v) is 1.96. The molecule has 0 radical (unpaired) electrons. The third-order valence-electron chi connectivity index (χ3n) is 3.16. The Balaban J connectivity index is 2.68. The Morgan fingerprint density at radius 2 is 1.79 bits per heavy atom. The second kappa shape index (κ2) is 6.12. The van der Waals surface area contributed by atoms with E-state index in [4.69, 9.17) is 0 Å². The van der Waals surface area contributed by atoms with Gasteiger partial charge in [0, 0.05) is 11.1 Å². The van der Waals surface area contributed by atoms with Crippen molar-refractivity contribution in [1.82, 2.24) is 0 Å². The van der Waals surface area contributed by atoms with Crippen LogP contribution in [0, 0.1) is 0 Å². The number of aliphatic hydroxyl groups is 2. The molecule has 5 nitrogen and oxygen atoms in total. The molecule has 1 fully saturated rings. The molecule has 1 aliphatic carbocycles. The molecule has 0 aromatic rings. The first-order valence-electron chi connectivity index (χ1n) is 6.25. The van der Waals surface area contributed by atoms with Crippen LogP contribution in [0.4, 0.5) is 0 Å². The van der Waals surface area contributed by atoms with Crippen molar-refractivity contribution >= 4 is 11.9 Å². The molecule has 106 valence electrons. The highest BCUT2D eigenvalue weighted by Gasteiger charge is 2.31. The van der Waals surface area contributed by atoms with Crippen LogP contribution >= 0.6 is 0 Å². The highest BCUT2D eigenvalue weighted by molar-refractivity contribution is 6.01. The largest absolute Gasteiger partial charge is 0.393 e. The van der Waals surface area contributed by atoms with Crippen molar-refractivity contribution in [2.75, 3.05) is 0 Å². The molecule has 19 heavy (non-hydrogen) atoms. The van der Waals surface area contributed by atoms with Gasteiger partial charge in [-0.15, -0.1) is 0 Å². The van der Waals surface area contributed by atoms with Gasteiger partial charge < -0.3 is 14.9 Å². The molecular formula is C14H20O5. The molecule has 0 aromatic heterocycles. The summed E-state index contributed by atoms with van der Waals surface area (Å²) >= 11 is 0. The monoisotopic (exact) mass is 268 g/mol. The summed E-state index contributed by atoms with van der Waals surface area (Å²) in [5.41, 5.74) is -0.802. The first kappa shape index (κ1) is 15.6. The predicted octanol–water partition coefficient (Wildman–Crippen LogP) is 1.24. The van der Waals surface area contributed by atoms with Gasteiger partial charge in [-0.05, 0) is 45.6 Å². The molecule has 1 aliphatic rings. The van der Waals surface area contributed by atoms with Crippen LogP contribution in [0.25, 0.3) is 0 Å². The van der Waals surface area contributed by atoms with E-state index >= 15 is 0 Å². The van der Waals surface area contributed by atoms with Crippen LogP contribution in [0.3, 0.4) is 0 Å². The maximum absolute atomic E-state index is 11.6. The van der Waals surface area contributed by atoms with Gasteiger partial charge in [0.2, 0.25) is 0 Å². The van der Waals surface area contributed by atoms with Crippen molar-refractivity contribution in [1.29, 1.82) is 0 Å². The van der Waals surface area contributed by atoms with E-state index in [2.05, 4.69) is 11.3 Å². The number of carbonyl (C=O) groups is 2. The van der Waals surface area contributed by atoms with E-state index in [-0.39, 0.29) is 11.1 Å². The molecule has 0 amide bonds. The quantitative estimate of drug-likeness (QED) is 0.457. The first-order chi connectivity index (χ1) is 8.73. The average molecular weight is 268 g/mol. The number of esters is 2. The lowest BCUT2D eigenvalue weighted by Gasteiger charge is -2.32. The number of hydrogen-bond acceptors (Lipinski definition) is 5. The van der Waals surface area contributed by atoms with Gasteiger partial charge in [0.05, 0.1) is 11.7 Å². The summed E-state index contributed by atoms with van der Waals surface area (Å²) < 4.78 is 4.58. The molecule has 0 atom stereocenters. The number of carbonyl (C=O) groups excluding carboxylic acids is 2. The molecule has 0 bridgehead atoms. The van der Waals surface area contributed by atoms with Crippen molar-refractivity contribution in [2.45, 2.75) is 51.2 Å². The van der Waals surface area contributed by atoms with E-state index in [1.165, 1.54) is 19.9 Å². The molecule has 2 N–H and O–H groups in total. The van der Waals surface area contributed by atoms with Crippen molar-refractivity contribution in [3.63, 3.8) is 0 Å². The summed E-state index contributed by atoms with van der Waals surface area (Å²) in [5.74, 6) is -1.56. The van der Waals surface area contributed by atoms with Crippen molar-refractivity contribution < 1.29 is 24.5 Å². The second-order valence-corrected chi connectivity index (χ2v) is 5.12. The van der Waals surface area contributed by atoms with E-state index in [9.17, 15) is 19.8 Å². The van der Waals surface area contributed by atoms with Gasteiger partial charge in [-0.25, -0.2) is 9.59 Å². The van der Waals surface area contributed by atoms with E-state index < -0.39 is 23.6 Å². The van der Waals surface area contributed by atoms with Gasteiger partial charge in [0.15, 0.2) is 0 Å². The van der Waals surface area contributed by atoms with Crippen molar-refractivity contribution in [3.8, 4) is 0 Å². The van der Waals surface area contributed by atoms with Crippen molar-refractivity contribution in [2.24, 2.45) is 0 Å². The van der Waals surface area contributed by atoms with Crippen molar-refractivity contribution in [3.05, 3.63) is 23.8 Å². The summed E-state index contributed by atoms with van der Waals surface area (Å²) in [6.07, 6.45) is 2.75. The normalized spacial score (nSPS) is 27.8. The lowest BCUT2D eigenvalue weighted by Crippen LogP contribution is -2.34. The second-order valence-electron chi connectivity index (χ2n) is 5.12. The fourth-order valence-electron chi connectivity index (χ4n) is 1.96. The van der Waals surface area contributed by atoms with Crippen LogP contribution in [-0.2, 0) is 14.3 Å². The molecule has 1 rings (SSSR count). The minimum Gasteiger partial charge on any atom is -0.393 e. The Labute approximate surface area is 112 Å². The smallest absolute Gasteiger partial charge is 0.341 e.